The third-order valence-electron chi connectivity index (χ3n) is 6.24. The van der Waals surface area contributed by atoms with Gasteiger partial charge in [0.1, 0.15) is 25.3 Å². The van der Waals surface area contributed by atoms with Crippen molar-refractivity contribution in [3.63, 3.8) is 0 Å². The fraction of sp³-hybridized carbons (Fsp3) is 0.375. The SMILES string of the molecule is O=C1C2C3C=CC(C2C(=O)N1n1cnnc1)C1C(=O)N(n2cnnc2)C(=O)C31. The van der Waals surface area contributed by atoms with Crippen molar-refractivity contribution in [1.29, 1.82) is 0 Å². The number of nitrogens with zero attached hydrogens (tertiary/aromatic N) is 8. The largest absolute Gasteiger partial charge is 0.272 e. The lowest BCUT2D eigenvalue weighted by atomic mass is 9.54. The summed E-state index contributed by atoms with van der Waals surface area (Å²) >= 11 is 0. The van der Waals surface area contributed by atoms with E-state index in [-0.39, 0.29) is 0 Å². The van der Waals surface area contributed by atoms with Crippen LogP contribution in [0.1, 0.15) is 0 Å². The highest BCUT2D eigenvalue weighted by Gasteiger charge is 2.69. The molecule has 2 aromatic rings. The number of carbonyl (C=O) groups is 4. The van der Waals surface area contributed by atoms with E-state index in [1.807, 2.05) is 0 Å². The van der Waals surface area contributed by atoms with E-state index in [9.17, 15) is 19.2 Å². The standard InChI is InChI=1S/C16H12N8O4/c25-13-9-7-1-2-8(11(9)15(27)23(13)21-3-17-18-4-21)12-10(7)14(26)24(16(12)28)22-5-19-20-6-22/h1-12H. The molecule has 3 fully saturated rings. The zero-order chi connectivity index (χ0) is 19.2. The van der Waals surface area contributed by atoms with Crippen molar-refractivity contribution >= 4 is 23.6 Å². The predicted molar refractivity (Wildman–Crippen MR) is 86.6 cm³/mol. The minimum atomic E-state index is -0.691. The van der Waals surface area contributed by atoms with Gasteiger partial charge in [-0.2, -0.15) is 10.0 Å². The van der Waals surface area contributed by atoms with E-state index in [0.29, 0.717) is 0 Å². The summed E-state index contributed by atoms with van der Waals surface area (Å²) in [4.78, 5) is 52.3. The zero-order valence-corrected chi connectivity index (χ0v) is 14.1. The molecule has 2 bridgehead atoms. The second-order valence-corrected chi connectivity index (χ2v) is 7.30. The van der Waals surface area contributed by atoms with E-state index in [2.05, 4.69) is 20.4 Å². The van der Waals surface area contributed by atoms with Crippen molar-refractivity contribution in [2.45, 2.75) is 0 Å². The first-order chi connectivity index (χ1) is 13.6. The Morgan fingerprint density at radius 2 is 0.821 bits per heavy atom. The molecule has 4 unspecified atom stereocenters. The minimum Gasteiger partial charge on any atom is -0.272 e. The van der Waals surface area contributed by atoms with Gasteiger partial charge in [0, 0.05) is 11.8 Å². The van der Waals surface area contributed by atoms with Crippen LogP contribution in [0.15, 0.2) is 37.5 Å². The molecule has 4 heterocycles. The fourth-order valence-electron chi connectivity index (χ4n) is 5.25. The van der Waals surface area contributed by atoms with E-state index >= 15 is 0 Å². The molecular weight excluding hydrogens is 368 g/mol. The Kier molecular flexibility index (Phi) is 2.73. The second-order valence-electron chi connectivity index (χ2n) is 7.30. The molecule has 0 spiro atoms. The van der Waals surface area contributed by atoms with Gasteiger partial charge >= 0.3 is 0 Å². The lowest BCUT2D eigenvalue weighted by molar-refractivity contribution is -0.137. The Labute approximate surface area is 156 Å². The molecule has 0 N–H and O–H groups in total. The highest BCUT2D eigenvalue weighted by Crippen LogP contribution is 2.57. The average molecular weight is 380 g/mol. The molecule has 1 saturated carbocycles. The summed E-state index contributed by atoms with van der Waals surface area (Å²) in [5.74, 6) is -5.45. The molecule has 28 heavy (non-hydrogen) atoms. The molecule has 5 aliphatic rings. The summed E-state index contributed by atoms with van der Waals surface area (Å²) in [5, 5.41) is 16.6. The predicted octanol–water partition coefficient (Wildman–Crippen LogP) is -2.14. The second kappa shape index (κ2) is 4.97. The van der Waals surface area contributed by atoms with Crippen LogP contribution in [-0.4, -0.2) is 53.4 Å². The summed E-state index contributed by atoms with van der Waals surface area (Å²) < 4.78 is 2.48. The van der Waals surface area contributed by atoms with Crippen LogP contribution in [0.25, 0.3) is 0 Å². The fourth-order valence-corrected chi connectivity index (χ4v) is 5.25. The van der Waals surface area contributed by atoms with Crippen LogP contribution in [0.5, 0.6) is 0 Å². The number of aromatic nitrogens is 6. The molecule has 7 rings (SSSR count). The van der Waals surface area contributed by atoms with E-state index in [4.69, 9.17) is 0 Å². The van der Waals surface area contributed by atoms with Gasteiger partial charge in [0.25, 0.3) is 23.6 Å². The molecule has 4 amide bonds. The molecule has 0 aromatic carbocycles. The maximum atomic E-state index is 13.1. The third-order valence-corrected chi connectivity index (χ3v) is 6.24. The van der Waals surface area contributed by atoms with Crippen molar-refractivity contribution in [2.24, 2.45) is 35.5 Å². The van der Waals surface area contributed by atoms with Crippen LogP contribution >= 0.6 is 0 Å². The third kappa shape index (κ3) is 1.61. The van der Waals surface area contributed by atoms with Gasteiger partial charge < -0.3 is 0 Å². The van der Waals surface area contributed by atoms with Crippen molar-refractivity contribution in [2.75, 3.05) is 10.0 Å². The first-order valence-corrected chi connectivity index (χ1v) is 8.73. The van der Waals surface area contributed by atoms with E-state index in [0.717, 1.165) is 10.0 Å². The lowest BCUT2D eigenvalue weighted by Crippen LogP contribution is -2.50. The maximum Gasteiger partial charge on any atom is 0.253 e. The normalized spacial score (nSPS) is 35.9. The van der Waals surface area contributed by atoms with Crippen LogP contribution in [-0.2, 0) is 19.2 Å². The Morgan fingerprint density at radius 1 is 0.536 bits per heavy atom. The van der Waals surface area contributed by atoms with Gasteiger partial charge in [0.15, 0.2) is 0 Å². The van der Waals surface area contributed by atoms with Crippen LogP contribution in [0.4, 0.5) is 0 Å². The molecule has 12 heteroatoms. The number of rotatable bonds is 2. The lowest BCUT2D eigenvalue weighted by Gasteiger charge is -2.44. The van der Waals surface area contributed by atoms with E-state index in [1.165, 1.54) is 34.7 Å². The Morgan fingerprint density at radius 3 is 1.11 bits per heavy atom. The highest BCUT2D eigenvalue weighted by molar-refractivity contribution is 6.21. The van der Waals surface area contributed by atoms with Crippen LogP contribution in [0, 0.1) is 35.5 Å². The van der Waals surface area contributed by atoms with Gasteiger partial charge in [0.2, 0.25) is 0 Å². The Hall–Kier alpha value is -3.70. The number of imide groups is 2. The zero-order valence-electron chi connectivity index (χ0n) is 14.1. The van der Waals surface area contributed by atoms with Crippen LogP contribution in [0.3, 0.4) is 0 Å². The van der Waals surface area contributed by atoms with Gasteiger partial charge in [-0.05, 0) is 0 Å². The summed E-state index contributed by atoms with van der Waals surface area (Å²) in [6.07, 6.45) is 8.69. The summed E-state index contributed by atoms with van der Waals surface area (Å²) in [5.41, 5.74) is 0. The summed E-state index contributed by atoms with van der Waals surface area (Å²) in [6, 6.07) is 0. The molecule has 2 aromatic heterocycles. The van der Waals surface area contributed by atoms with E-state index in [1.54, 1.807) is 12.2 Å². The van der Waals surface area contributed by atoms with E-state index < -0.39 is 59.1 Å². The Bertz CT molecular complexity index is 932. The van der Waals surface area contributed by atoms with Gasteiger partial charge in [0.05, 0.1) is 23.7 Å². The molecule has 140 valence electrons. The van der Waals surface area contributed by atoms with Crippen LogP contribution in [0.2, 0.25) is 0 Å². The van der Waals surface area contributed by atoms with Gasteiger partial charge in [-0.25, -0.2) is 9.35 Å². The molecule has 3 aliphatic carbocycles. The summed E-state index contributed by atoms with van der Waals surface area (Å²) in [7, 11) is 0. The average Bonchev–Trinajstić information content (AvgIpc) is 3.46. The smallest absolute Gasteiger partial charge is 0.253 e. The van der Waals surface area contributed by atoms with Crippen molar-refractivity contribution in [3.05, 3.63) is 37.5 Å². The molecule has 0 radical (unpaired) electrons. The number of hydrogen-bond donors (Lipinski definition) is 0. The highest BCUT2D eigenvalue weighted by atomic mass is 16.2. The number of allylic oxidation sites excluding steroid dienone is 2. The first-order valence-electron chi connectivity index (χ1n) is 8.73. The van der Waals surface area contributed by atoms with Crippen molar-refractivity contribution in [3.8, 4) is 0 Å². The number of amides is 4. The topological polar surface area (TPSA) is 136 Å². The Balaban J connectivity index is 1.44. The maximum absolute atomic E-state index is 13.1. The molecule has 4 atom stereocenters. The van der Waals surface area contributed by atoms with Gasteiger partial charge in [-0.3, -0.25) is 19.2 Å². The van der Waals surface area contributed by atoms with Gasteiger partial charge in [-0.1, -0.05) is 12.2 Å². The molecule has 2 saturated heterocycles. The minimum absolute atomic E-state index is 0.407. The monoisotopic (exact) mass is 380 g/mol. The molecular formula is C16H12N8O4. The summed E-state index contributed by atoms with van der Waals surface area (Å²) in [6.45, 7) is 0. The molecule has 2 aliphatic heterocycles. The first kappa shape index (κ1) is 15.4. The van der Waals surface area contributed by atoms with Crippen LogP contribution < -0.4 is 10.0 Å². The van der Waals surface area contributed by atoms with Gasteiger partial charge in [-0.15, -0.1) is 20.4 Å². The van der Waals surface area contributed by atoms with Crippen molar-refractivity contribution < 1.29 is 19.2 Å². The molecule has 12 nitrogen and oxygen atoms in total. The quantitative estimate of drug-likeness (QED) is 0.425. The number of hydrogen-bond acceptors (Lipinski definition) is 8. The number of carbonyl (C=O) groups excluding carboxylic acids is 4. The van der Waals surface area contributed by atoms with Crippen molar-refractivity contribution in [1.82, 2.24) is 29.7 Å².